The molecule has 0 radical (unpaired) electrons. The van der Waals surface area contributed by atoms with E-state index in [1.54, 1.807) is 36.4 Å². The van der Waals surface area contributed by atoms with Crippen LogP contribution in [0.2, 0.25) is 0 Å². The van der Waals surface area contributed by atoms with Gasteiger partial charge in [-0.2, -0.15) is 0 Å². The first-order valence-corrected chi connectivity index (χ1v) is 9.18. The SMILES string of the molecule is C[C@H]1C[C@@H](C(=O)Nc2ccc(C(=O)NCc3ccc(F)cc3)cc2)CCN1. The highest BCUT2D eigenvalue weighted by molar-refractivity contribution is 5.96. The molecule has 6 heteroatoms. The molecule has 2 atom stereocenters. The predicted octanol–water partition coefficient (Wildman–Crippen LogP) is 3.08. The number of amides is 2. The molecule has 3 rings (SSSR count). The summed E-state index contributed by atoms with van der Waals surface area (Å²) in [5.41, 5.74) is 2.01. The van der Waals surface area contributed by atoms with Gasteiger partial charge in [-0.15, -0.1) is 0 Å². The second-order valence-electron chi connectivity index (χ2n) is 6.95. The molecule has 1 aliphatic rings. The van der Waals surface area contributed by atoms with Gasteiger partial charge in [0.05, 0.1) is 0 Å². The normalized spacial score (nSPS) is 19.3. The van der Waals surface area contributed by atoms with Gasteiger partial charge in [-0.05, 0) is 68.3 Å². The summed E-state index contributed by atoms with van der Waals surface area (Å²) in [4.78, 5) is 24.6. The van der Waals surface area contributed by atoms with Crippen LogP contribution in [0.5, 0.6) is 0 Å². The van der Waals surface area contributed by atoms with Crippen LogP contribution < -0.4 is 16.0 Å². The number of carbonyl (C=O) groups is 2. The lowest BCUT2D eigenvalue weighted by molar-refractivity contribution is -0.120. The smallest absolute Gasteiger partial charge is 0.251 e. The molecule has 0 bridgehead atoms. The molecule has 142 valence electrons. The van der Waals surface area contributed by atoms with E-state index in [-0.39, 0.29) is 23.5 Å². The van der Waals surface area contributed by atoms with E-state index in [0.717, 1.165) is 24.9 Å². The summed E-state index contributed by atoms with van der Waals surface area (Å²) in [6, 6.07) is 13.2. The summed E-state index contributed by atoms with van der Waals surface area (Å²) in [7, 11) is 0. The molecule has 2 aromatic carbocycles. The number of hydrogen-bond donors (Lipinski definition) is 3. The predicted molar refractivity (Wildman–Crippen MR) is 103 cm³/mol. The molecule has 5 nitrogen and oxygen atoms in total. The maximum atomic E-state index is 12.9. The van der Waals surface area contributed by atoms with Crippen LogP contribution >= 0.6 is 0 Å². The van der Waals surface area contributed by atoms with Crippen LogP contribution in [-0.4, -0.2) is 24.4 Å². The van der Waals surface area contributed by atoms with E-state index in [2.05, 4.69) is 22.9 Å². The van der Waals surface area contributed by atoms with Crippen molar-refractivity contribution in [2.45, 2.75) is 32.4 Å². The third-order valence-electron chi connectivity index (χ3n) is 4.78. The lowest BCUT2D eigenvalue weighted by Crippen LogP contribution is -2.40. The van der Waals surface area contributed by atoms with Gasteiger partial charge in [0, 0.05) is 29.8 Å². The van der Waals surface area contributed by atoms with Crippen molar-refractivity contribution < 1.29 is 14.0 Å². The molecule has 0 saturated carbocycles. The van der Waals surface area contributed by atoms with E-state index >= 15 is 0 Å². The van der Waals surface area contributed by atoms with Gasteiger partial charge in [-0.25, -0.2) is 4.39 Å². The number of piperidine rings is 1. The minimum atomic E-state index is -0.304. The first-order chi connectivity index (χ1) is 13.0. The fourth-order valence-electron chi connectivity index (χ4n) is 3.21. The quantitative estimate of drug-likeness (QED) is 0.759. The number of halogens is 1. The molecule has 1 fully saturated rings. The minimum absolute atomic E-state index is 0.0138. The van der Waals surface area contributed by atoms with Gasteiger partial charge >= 0.3 is 0 Å². The Hall–Kier alpha value is -2.73. The number of nitrogens with one attached hydrogen (secondary N) is 3. The van der Waals surface area contributed by atoms with E-state index in [1.807, 2.05) is 0 Å². The van der Waals surface area contributed by atoms with Gasteiger partial charge in [0.15, 0.2) is 0 Å². The summed E-state index contributed by atoms with van der Waals surface area (Å²) in [6.07, 6.45) is 1.66. The zero-order valence-electron chi connectivity index (χ0n) is 15.3. The number of rotatable bonds is 5. The molecule has 2 amide bonds. The molecule has 0 aliphatic carbocycles. The molecule has 1 aliphatic heterocycles. The standard InChI is InChI=1S/C21H24FN3O2/c1-14-12-17(10-11-23-14)21(27)25-19-8-4-16(5-9-19)20(26)24-13-15-2-6-18(22)7-3-15/h2-9,14,17,23H,10-13H2,1H3,(H,24,26)(H,25,27)/t14-,17-/m0/s1. The highest BCUT2D eigenvalue weighted by atomic mass is 19.1. The summed E-state index contributed by atoms with van der Waals surface area (Å²) in [6.45, 7) is 3.26. The molecular weight excluding hydrogens is 345 g/mol. The fraction of sp³-hybridized carbons (Fsp3) is 0.333. The molecule has 0 aromatic heterocycles. The second kappa shape index (κ2) is 8.77. The third kappa shape index (κ3) is 5.37. The van der Waals surface area contributed by atoms with Crippen LogP contribution in [0.1, 0.15) is 35.7 Å². The van der Waals surface area contributed by atoms with Crippen molar-refractivity contribution in [1.29, 1.82) is 0 Å². The maximum absolute atomic E-state index is 12.9. The number of carbonyl (C=O) groups excluding carboxylic acids is 2. The summed E-state index contributed by atoms with van der Waals surface area (Å²) in [5.74, 6) is -0.483. The van der Waals surface area contributed by atoms with Crippen LogP contribution in [0.15, 0.2) is 48.5 Å². The second-order valence-corrected chi connectivity index (χ2v) is 6.95. The zero-order valence-corrected chi connectivity index (χ0v) is 15.3. The first kappa shape index (κ1) is 19.0. The van der Waals surface area contributed by atoms with Gasteiger partial charge in [-0.1, -0.05) is 12.1 Å². The van der Waals surface area contributed by atoms with Crippen molar-refractivity contribution in [2.24, 2.45) is 5.92 Å². The van der Waals surface area contributed by atoms with Gasteiger partial charge in [-0.3, -0.25) is 9.59 Å². The number of anilines is 1. The van der Waals surface area contributed by atoms with Crippen LogP contribution in [0.3, 0.4) is 0 Å². The molecule has 1 heterocycles. The molecule has 0 unspecified atom stereocenters. The van der Waals surface area contributed by atoms with E-state index < -0.39 is 0 Å². The third-order valence-corrected chi connectivity index (χ3v) is 4.78. The Bertz CT molecular complexity index is 790. The highest BCUT2D eigenvalue weighted by Gasteiger charge is 2.24. The largest absolute Gasteiger partial charge is 0.348 e. The lowest BCUT2D eigenvalue weighted by Gasteiger charge is -2.27. The van der Waals surface area contributed by atoms with Crippen molar-refractivity contribution in [1.82, 2.24) is 10.6 Å². The van der Waals surface area contributed by atoms with E-state index in [9.17, 15) is 14.0 Å². The van der Waals surface area contributed by atoms with Gasteiger partial charge in [0.2, 0.25) is 5.91 Å². The van der Waals surface area contributed by atoms with E-state index in [4.69, 9.17) is 0 Å². The van der Waals surface area contributed by atoms with Crippen LogP contribution in [0.25, 0.3) is 0 Å². The van der Waals surface area contributed by atoms with Crippen molar-refractivity contribution >= 4 is 17.5 Å². The first-order valence-electron chi connectivity index (χ1n) is 9.18. The number of hydrogen-bond acceptors (Lipinski definition) is 3. The monoisotopic (exact) mass is 369 g/mol. The van der Waals surface area contributed by atoms with Crippen LogP contribution in [-0.2, 0) is 11.3 Å². The summed E-state index contributed by atoms with van der Waals surface area (Å²) < 4.78 is 12.9. The molecule has 0 spiro atoms. The maximum Gasteiger partial charge on any atom is 0.251 e. The Kier molecular flexibility index (Phi) is 6.19. The summed E-state index contributed by atoms with van der Waals surface area (Å²) in [5, 5.41) is 9.06. The van der Waals surface area contributed by atoms with Gasteiger partial charge < -0.3 is 16.0 Å². The molecule has 2 aromatic rings. The Morgan fingerprint density at radius 1 is 1.11 bits per heavy atom. The lowest BCUT2D eigenvalue weighted by atomic mass is 9.92. The van der Waals surface area contributed by atoms with Crippen molar-refractivity contribution in [2.75, 3.05) is 11.9 Å². The van der Waals surface area contributed by atoms with Gasteiger partial charge in [0.1, 0.15) is 5.82 Å². The molecular formula is C21H24FN3O2. The van der Waals surface area contributed by atoms with E-state index in [0.29, 0.717) is 23.8 Å². The Morgan fingerprint density at radius 3 is 2.48 bits per heavy atom. The Balaban J connectivity index is 1.52. The average Bonchev–Trinajstić information content (AvgIpc) is 2.68. The van der Waals surface area contributed by atoms with Crippen LogP contribution in [0.4, 0.5) is 10.1 Å². The minimum Gasteiger partial charge on any atom is -0.348 e. The topological polar surface area (TPSA) is 70.2 Å². The molecule has 3 N–H and O–H groups in total. The summed E-state index contributed by atoms with van der Waals surface area (Å²) >= 11 is 0. The zero-order chi connectivity index (χ0) is 19.2. The Morgan fingerprint density at radius 2 is 1.81 bits per heavy atom. The van der Waals surface area contributed by atoms with Gasteiger partial charge in [0.25, 0.3) is 5.91 Å². The molecule has 1 saturated heterocycles. The fourth-order valence-corrected chi connectivity index (χ4v) is 3.21. The van der Waals surface area contributed by atoms with E-state index in [1.165, 1.54) is 12.1 Å². The van der Waals surface area contributed by atoms with Crippen molar-refractivity contribution in [3.8, 4) is 0 Å². The van der Waals surface area contributed by atoms with Crippen molar-refractivity contribution in [3.05, 3.63) is 65.5 Å². The highest BCUT2D eigenvalue weighted by Crippen LogP contribution is 2.19. The van der Waals surface area contributed by atoms with Crippen molar-refractivity contribution in [3.63, 3.8) is 0 Å². The van der Waals surface area contributed by atoms with Crippen LogP contribution in [0, 0.1) is 11.7 Å². The molecule has 27 heavy (non-hydrogen) atoms. The average molecular weight is 369 g/mol. The Labute approximate surface area is 158 Å². The number of benzene rings is 2.